The van der Waals surface area contributed by atoms with Crippen LogP contribution in [0, 0.1) is 0 Å². The lowest BCUT2D eigenvalue weighted by atomic mass is 9.88. The molecule has 0 aromatic carbocycles. The summed E-state index contributed by atoms with van der Waals surface area (Å²) >= 11 is 10.5. The van der Waals surface area contributed by atoms with Crippen LogP contribution in [0.5, 0.6) is 0 Å². The van der Waals surface area contributed by atoms with E-state index in [9.17, 15) is 0 Å². The first kappa shape index (κ1) is 11.2. The van der Waals surface area contributed by atoms with E-state index < -0.39 is 0 Å². The lowest BCUT2D eigenvalue weighted by Gasteiger charge is -2.40. The van der Waals surface area contributed by atoms with Gasteiger partial charge in [0.1, 0.15) is 4.99 Å². The number of hydrogen-bond acceptors (Lipinski definition) is 3. The van der Waals surface area contributed by atoms with Crippen LogP contribution in [-0.2, 0) is 0 Å². The summed E-state index contributed by atoms with van der Waals surface area (Å²) in [6.45, 7) is 6.66. The summed E-state index contributed by atoms with van der Waals surface area (Å²) < 4.78 is 0. The molecule has 2 heterocycles. The van der Waals surface area contributed by atoms with Crippen LogP contribution in [0.4, 0.5) is 0 Å². The Hall–Kier alpha value is -0.260. The number of hydrogen-bond donors (Lipinski definition) is 2. The van der Waals surface area contributed by atoms with E-state index in [1.54, 1.807) is 0 Å². The summed E-state index contributed by atoms with van der Waals surface area (Å²) in [6, 6.07) is 0.622. The highest BCUT2D eigenvalue weighted by Crippen LogP contribution is 2.27. The second kappa shape index (κ2) is 3.96. The van der Waals surface area contributed by atoms with Gasteiger partial charge in [0.15, 0.2) is 5.11 Å². The number of rotatable bonds is 1. The molecule has 0 aromatic rings. The third kappa shape index (κ3) is 2.00. The highest BCUT2D eigenvalue weighted by Gasteiger charge is 2.43. The largest absolute Gasteiger partial charge is 0.350 e. The first-order chi connectivity index (χ1) is 7.03. The van der Waals surface area contributed by atoms with Crippen molar-refractivity contribution in [2.45, 2.75) is 38.3 Å². The topological polar surface area (TPSA) is 27.3 Å². The predicted octanol–water partition coefficient (Wildman–Crippen LogP) is 1.03. The van der Waals surface area contributed by atoms with Gasteiger partial charge in [0.25, 0.3) is 0 Å². The van der Waals surface area contributed by atoms with Gasteiger partial charge in [0.05, 0.1) is 5.54 Å². The normalized spacial score (nSPS) is 25.8. The zero-order chi connectivity index (χ0) is 11.1. The highest BCUT2D eigenvalue weighted by atomic mass is 32.1. The molecule has 2 saturated heterocycles. The molecule has 0 aromatic heterocycles. The molecule has 15 heavy (non-hydrogen) atoms. The van der Waals surface area contributed by atoms with E-state index >= 15 is 0 Å². The van der Waals surface area contributed by atoms with Gasteiger partial charge < -0.3 is 15.5 Å². The molecule has 3 nitrogen and oxygen atoms in total. The third-order valence-corrected chi connectivity index (χ3v) is 4.09. The molecule has 0 saturated carbocycles. The molecule has 5 heteroatoms. The van der Waals surface area contributed by atoms with E-state index in [2.05, 4.69) is 29.4 Å². The maximum atomic E-state index is 5.35. The number of thiocarbonyl (C=S) groups is 2. The molecular formula is C10H17N3S2. The quantitative estimate of drug-likeness (QED) is 0.671. The monoisotopic (exact) mass is 243 g/mol. The van der Waals surface area contributed by atoms with E-state index in [1.807, 2.05) is 0 Å². The summed E-state index contributed by atoms with van der Waals surface area (Å²) in [4.78, 5) is 3.37. The van der Waals surface area contributed by atoms with Crippen molar-refractivity contribution in [3.8, 4) is 0 Å². The van der Waals surface area contributed by atoms with Gasteiger partial charge in [0, 0.05) is 19.1 Å². The molecule has 1 spiro atoms. The van der Waals surface area contributed by atoms with E-state index in [-0.39, 0.29) is 5.54 Å². The fraction of sp³-hybridized carbons (Fsp3) is 0.800. The van der Waals surface area contributed by atoms with Crippen molar-refractivity contribution in [3.05, 3.63) is 0 Å². The first-order valence-electron chi connectivity index (χ1n) is 5.41. The van der Waals surface area contributed by atoms with Crippen molar-refractivity contribution in [3.63, 3.8) is 0 Å². The number of nitrogens with zero attached hydrogens (tertiary/aromatic N) is 1. The van der Waals surface area contributed by atoms with Gasteiger partial charge in [-0.25, -0.2) is 0 Å². The van der Waals surface area contributed by atoms with Crippen LogP contribution in [0.15, 0.2) is 0 Å². The zero-order valence-corrected chi connectivity index (χ0v) is 10.8. The minimum absolute atomic E-state index is 0.0438. The lowest BCUT2D eigenvalue weighted by Crippen LogP contribution is -2.55. The van der Waals surface area contributed by atoms with Crippen LogP contribution in [0.25, 0.3) is 0 Å². The van der Waals surface area contributed by atoms with Crippen molar-refractivity contribution in [2.24, 2.45) is 0 Å². The maximum absolute atomic E-state index is 5.35. The van der Waals surface area contributed by atoms with Gasteiger partial charge in [-0.2, -0.15) is 0 Å². The minimum Gasteiger partial charge on any atom is -0.350 e. The second-order valence-corrected chi connectivity index (χ2v) is 5.44. The predicted molar refractivity (Wildman–Crippen MR) is 70.1 cm³/mol. The smallest absolute Gasteiger partial charge is 0.172 e. The van der Waals surface area contributed by atoms with E-state index in [1.165, 1.54) is 0 Å². The molecule has 0 radical (unpaired) electrons. The summed E-state index contributed by atoms with van der Waals surface area (Å²) in [5.41, 5.74) is -0.0438. The Morgan fingerprint density at radius 2 is 1.87 bits per heavy atom. The van der Waals surface area contributed by atoms with Crippen LogP contribution in [0.1, 0.15) is 26.7 Å². The fourth-order valence-electron chi connectivity index (χ4n) is 2.30. The Bertz CT molecular complexity index is 293. The van der Waals surface area contributed by atoms with Crippen molar-refractivity contribution < 1.29 is 0 Å². The molecule has 0 amide bonds. The molecular weight excluding hydrogens is 226 g/mol. The van der Waals surface area contributed by atoms with Crippen molar-refractivity contribution in [1.29, 1.82) is 0 Å². The van der Waals surface area contributed by atoms with Crippen LogP contribution in [0.2, 0.25) is 0 Å². The van der Waals surface area contributed by atoms with Crippen molar-refractivity contribution in [1.82, 2.24) is 15.5 Å². The Balaban J connectivity index is 2.03. The van der Waals surface area contributed by atoms with Crippen LogP contribution in [0.3, 0.4) is 0 Å². The molecule has 0 aliphatic carbocycles. The van der Waals surface area contributed by atoms with Crippen LogP contribution < -0.4 is 10.6 Å². The molecule has 2 aliphatic rings. The lowest BCUT2D eigenvalue weighted by molar-refractivity contribution is 0.152. The summed E-state index contributed by atoms with van der Waals surface area (Å²) in [7, 11) is 0. The van der Waals surface area contributed by atoms with Gasteiger partial charge in [0.2, 0.25) is 0 Å². The standard InChI is InChI=1S/C10H17N3S2/c1-7(2)13-5-3-10(4-6-13)8(14)11-9(15)12-10/h7H,3-6H2,1-2H3,(H2,11,12,14,15). The molecule has 2 aliphatic heterocycles. The molecule has 2 fully saturated rings. The maximum Gasteiger partial charge on any atom is 0.172 e. The Labute approximate surface area is 102 Å². The second-order valence-electron chi connectivity index (χ2n) is 4.62. The molecule has 84 valence electrons. The van der Waals surface area contributed by atoms with Gasteiger partial charge >= 0.3 is 0 Å². The molecule has 0 atom stereocenters. The number of nitrogens with one attached hydrogen (secondary N) is 2. The van der Waals surface area contributed by atoms with E-state index in [0.717, 1.165) is 30.9 Å². The van der Waals surface area contributed by atoms with Crippen molar-refractivity contribution in [2.75, 3.05) is 13.1 Å². The fourth-order valence-corrected chi connectivity index (χ4v) is 3.02. The van der Waals surface area contributed by atoms with Gasteiger partial charge in [-0.1, -0.05) is 12.2 Å². The average molecular weight is 243 g/mol. The minimum atomic E-state index is -0.0438. The summed E-state index contributed by atoms with van der Waals surface area (Å²) in [5, 5.41) is 7.08. The van der Waals surface area contributed by atoms with Gasteiger partial charge in [-0.05, 0) is 38.9 Å². The summed E-state index contributed by atoms with van der Waals surface area (Å²) in [5.74, 6) is 0. The van der Waals surface area contributed by atoms with E-state index in [0.29, 0.717) is 11.2 Å². The zero-order valence-electron chi connectivity index (χ0n) is 9.17. The third-order valence-electron chi connectivity index (χ3n) is 3.40. The summed E-state index contributed by atoms with van der Waals surface area (Å²) in [6.07, 6.45) is 2.11. The molecule has 0 bridgehead atoms. The SMILES string of the molecule is CC(C)N1CCC2(CC1)NC(=S)NC2=S. The highest BCUT2D eigenvalue weighted by molar-refractivity contribution is 7.82. The molecule has 0 unspecified atom stereocenters. The first-order valence-corrected chi connectivity index (χ1v) is 6.23. The van der Waals surface area contributed by atoms with E-state index in [4.69, 9.17) is 24.4 Å². The Kier molecular flexibility index (Phi) is 2.96. The van der Waals surface area contributed by atoms with Crippen molar-refractivity contribution >= 4 is 34.5 Å². The number of piperidine rings is 1. The average Bonchev–Trinajstić information content (AvgIpc) is 2.42. The van der Waals surface area contributed by atoms with Gasteiger partial charge in [-0.3, -0.25) is 0 Å². The van der Waals surface area contributed by atoms with Crippen LogP contribution in [-0.4, -0.2) is 39.7 Å². The Morgan fingerprint density at radius 3 is 2.27 bits per heavy atom. The molecule has 2 rings (SSSR count). The van der Waals surface area contributed by atoms with Crippen LogP contribution >= 0.6 is 24.4 Å². The number of likely N-dealkylation sites (tertiary alicyclic amines) is 1. The Morgan fingerprint density at radius 1 is 1.27 bits per heavy atom. The molecule has 2 N–H and O–H groups in total. The van der Waals surface area contributed by atoms with Gasteiger partial charge in [-0.15, -0.1) is 0 Å².